The molecule has 2 fully saturated rings. The Kier molecular flexibility index (Phi) is 6.88. The van der Waals surface area contributed by atoms with Gasteiger partial charge >= 0.3 is 0 Å². The van der Waals surface area contributed by atoms with E-state index in [-0.39, 0.29) is 29.2 Å². The lowest BCUT2D eigenvalue weighted by Gasteiger charge is -2.40. The molecule has 0 spiro atoms. The van der Waals surface area contributed by atoms with Crippen molar-refractivity contribution in [2.45, 2.75) is 44.6 Å². The van der Waals surface area contributed by atoms with Gasteiger partial charge in [0, 0.05) is 36.8 Å². The highest BCUT2D eigenvalue weighted by molar-refractivity contribution is 5.96. The Labute approximate surface area is 188 Å². The number of likely N-dealkylation sites (tertiary alicyclic amines) is 2. The van der Waals surface area contributed by atoms with E-state index in [0.717, 1.165) is 50.6 Å². The zero-order valence-corrected chi connectivity index (χ0v) is 18.3. The van der Waals surface area contributed by atoms with Crippen LogP contribution in [0.3, 0.4) is 0 Å². The average Bonchev–Trinajstić information content (AvgIpc) is 3.10. The van der Waals surface area contributed by atoms with Crippen molar-refractivity contribution in [3.8, 4) is 5.75 Å². The molecule has 168 valence electrons. The van der Waals surface area contributed by atoms with Crippen molar-refractivity contribution in [1.82, 2.24) is 9.80 Å². The molecule has 6 heteroatoms. The van der Waals surface area contributed by atoms with E-state index in [0.29, 0.717) is 30.9 Å². The van der Waals surface area contributed by atoms with Gasteiger partial charge in [-0.1, -0.05) is 31.0 Å². The summed E-state index contributed by atoms with van der Waals surface area (Å²) in [6.07, 6.45) is 6.59. The summed E-state index contributed by atoms with van der Waals surface area (Å²) in [7, 11) is 0. The topological polar surface area (TPSA) is 77.9 Å². The molecule has 0 radical (unpaired) electrons. The maximum Gasteiger partial charge on any atom is 0.254 e. The van der Waals surface area contributed by atoms with Gasteiger partial charge in [-0.25, -0.2) is 0 Å². The van der Waals surface area contributed by atoms with E-state index in [9.17, 15) is 19.5 Å². The van der Waals surface area contributed by atoms with E-state index in [1.807, 2.05) is 35.2 Å². The first-order valence-corrected chi connectivity index (χ1v) is 11.5. The second kappa shape index (κ2) is 9.98. The third-order valence-corrected chi connectivity index (χ3v) is 6.85. The van der Waals surface area contributed by atoms with Crippen molar-refractivity contribution >= 4 is 18.1 Å². The molecule has 6 nitrogen and oxygen atoms in total. The first-order valence-electron chi connectivity index (χ1n) is 11.5. The summed E-state index contributed by atoms with van der Waals surface area (Å²) in [5, 5.41) is 9.69. The Bertz CT molecular complexity index is 967. The van der Waals surface area contributed by atoms with Crippen LogP contribution in [0.25, 0.3) is 0 Å². The molecule has 1 N–H and O–H groups in total. The van der Waals surface area contributed by atoms with Crippen molar-refractivity contribution in [2.24, 2.45) is 5.92 Å². The molecule has 2 heterocycles. The number of carbonyl (C=O) groups excluding carboxylic acids is 3. The van der Waals surface area contributed by atoms with Gasteiger partial charge in [-0.15, -0.1) is 0 Å². The van der Waals surface area contributed by atoms with Gasteiger partial charge in [-0.2, -0.15) is 0 Å². The molecule has 32 heavy (non-hydrogen) atoms. The summed E-state index contributed by atoms with van der Waals surface area (Å²) < 4.78 is 0. The van der Waals surface area contributed by atoms with Gasteiger partial charge < -0.3 is 14.9 Å². The first-order chi connectivity index (χ1) is 15.6. The van der Waals surface area contributed by atoms with E-state index in [1.165, 1.54) is 12.1 Å². The van der Waals surface area contributed by atoms with Gasteiger partial charge in [0.2, 0.25) is 0 Å². The third kappa shape index (κ3) is 4.69. The predicted octanol–water partition coefficient (Wildman–Crippen LogP) is 4.14. The molecule has 2 amide bonds. The molecular formula is C26H30N2O4. The zero-order chi connectivity index (χ0) is 22.5. The number of carbonyl (C=O) groups is 3. The molecule has 2 aromatic rings. The van der Waals surface area contributed by atoms with E-state index >= 15 is 0 Å². The third-order valence-electron chi connectivity index (χ3n) is 6.85. The van der Waals surface area contributed by atoms with E-state index in [2.05, 4.69) is 4.90 Å². The van der Waals surface area contributed by atoms with Crippen LogP contribution in [0, 0.1) is 5.92 Å². The lowest BCUT2D eigenvalue weighted by Crippen LogP contribution is -2.48. The molecule has 2 aromatic carbocycles. The highest BCUT2D eigenvalue weighted by Crippen LogP contribution is 2.31. The van der Waals surface area contributed by atoms with Crippen molar-refractivity contribution in [1.29, 1.82) is 0 Å². The quantitative estimate of drug-likeness (QED) is 0.734. The average molecular weight is 435 g/mol. The molecule has 0 aromatic heterocycles. The van der Waals surface area contributed by atoms with Gasteiger partial charge in [0.05, 0.1) is 5.56 Å². The molecule has 4 rings (SSSR count). The number of hydrogen-bond donors (Lipinski definition) is 1. The number of aromatic hydroxyl groups is 1. The predicted molar refractivity (Wildman–Crippen MR) is 122 cm³/mol. The van der Waals surface area contributed by atoms with Gasteiger partial charge in [-0.3, -0.25) is 14.4 Å². The molecule has 2 aliphatic heterocycles. The van der Waals surface area contributed by atoms with Crippen LogP contribution >= 0.6 is 0 Å². The largest absolute Gasteiger partial charge is 0.507 e. The smallest absolute Gasteiger partial charge is 0.254 e. The SMILES string of the molecule is O=Cc1cc(C(=O)N2CCC(C3CCCCCN3C(=O)c3ccccc3)CC2)ccc1O. The summed E-state index contributed by atoms with van der Waals surface area (Å²) in [4.78, 5) is 41.2. The molecule has 2 aliphatic rings. The maximum absolute atomic E-state index is 13.3. The van der Waals surface area contributed by atoms with Gasteiger partial charge in [0.25, 0.3) is 11.8 Å². The monoisotopic (exact) mass is 434 g/mol. The Morgan fingerprint density at radius 2 is 1.59 bits per heavy atom. The van der Waals surface area contributed by atoms with Crippen LogP contribution in [0.15, 0.2) is 48.5 Å². The number of piperidine rings is 1. The fourth-order valence-electron chi connectivity index (χ4n) is 5.07. The Morgan fingerprint density at radius 3 is 2.31 bits per heavy atom. The minimum atomic E-state index is -0.121. The summed E-state index contributed by atoms with van der Waals surface area (Å²) >= 11 is 0. The maximum atomic E-state index is 13.3. The summed E-state index contributed by atoms with van der Waals surface area (Å²) in [6, 6.07) is 14.1. The highest BCUT2D eigenvalue weighted by Gasteiger charge is 2.35. The number of rotatable bonds is 4. The molecule has 1 atom stereocenters. The molecule has 0 saturated carbocycles. The highest BCUT2D eigenvalue weighted by atomic mass is 16.3. The zero-order valence-electron chi connectivity index (χ0n) is 18.3. The minimum Gasteiger partial charge on any atom is -0.507 e. The van der Waals surface area contributed by atoms with Crippen molar-refractivity contribution in [3.05, 3.63) is 65.2 Å². The fraction of sp³-hybridized carbons (Fsp3) is 0.423. The molecule has 1 unspecified atom stereocenters. The summed E-state index contributed by atoms with van der Waals surface area (Å²) in [6.45, 7) is 2.05. The molecule has 0 bridgehead atoms. The van der Waals surface area contributed by atoms with E-state index in [4.69, 9.17) is 0 Å². The van der Waals surface area contributed by atoms with Crippen LogP contribution in [-0.2, 0) is 0 Å². The standard InChI is InChI=1S/C26H30N2O4/c29-18-22-17-21(10-11-24(22)30)25(31)27-15-12-19(13-16-27)23-9-5-2-6-14-28(23)26(32)20-7-3-1-4-8-20/h1,3-4,7-8,10-11,17-19,23,30H,2,5-6,9,12-16H2. The summed E-state index contributed by atoms with van der Waals surface area (Å²) in [5.74, 6) is 0.244. The Balaban J connectivity index is 1.44. The Morgan fingerprint density at radius 1 is 0.844 bits per heavy atom. The lowest BCUT2D eigenvalue weighted by molar-refractivity contribution is 0.0471. The number of hydrogen-bond acceptors (Lipinski definition) is 4. The lowest BCUT2D eigenvalue weighted by atomic mass is 9.85. The first kappa shape index (κ1) is 22.1. The van der Waals surface area contributed by atoms with E-state index in [1.54, 1.807) is 6.07 Å². The van der Waals surface area contributed by atoms with Crippen LogP contribution in [0.5, 0.6) is 5.75 Å². The number of aldehydes is 1. The minimum absolute atomic E-state index is 0.112. The molecule has 2 saturated heterocycles. The number of nitrogens with zero attached hydrogens (tertiary/aromatic N) is 2. The van der Waals surface area contributed by atoms with Crippen molar-refractivity contribution < 1.29 is 19.5 Å². The number of benzene rings is 2. The molecular weight excluding hydrogens is 404 g/mol. The number of phenols is 1. The van der Waals surface area contributed by atoms with Crippen LogP contribution in [0.2, 0.25) is 0 Å². The molecule has 0 aliphatic carbocycles. The summed E-state index contributed by atoms with van der Waals surface area (Å²) in [5.41, 5.74) is 1.28. The van der Waals surface area contributed by atoms with Crippen LogP contribution < -0.4 is 0 Å². The van der Waals surface area contributed by atoms with Crippen LogP contribution in [0.1, 0.15) is 69.6 Å². The van der Waals surface area contributed by atoms with Crippen LogP contribution in [-0.4, -0.2) is 58.7 Å². The van der Waals surface area contributed by atoms with Gasteiger partial charge in [-0.05, 0) is 61.9 Å². The second-order valence-corrected chi connectivity index (χ2v) is 8.80. The van der Waals surface area contributed by atoms with Crippen molar-refractivity contribution in [2.75, 3.05) is 19.6 Å². The normalized spacial score (nSPS) is 19.9. The van der Waals surface area contributed by atoms with Crippen LogP contribution in [0.4, 0.5) is 0 Å². The van der Waals surface area contributed by atoms with Crippen molar-refractivity contribution in [3.63, 3.8) is 0 Å². The fourth-order valence-corrected chi connectivity index (χ4v) is 5.07. The number of amides is 2. The number of phenolic OH excluding ortho intramolecular Hbond substituents is 1. The van der Waals surface area contributed by atoms with Gasteiger partial charge in [0.1, 0.15) is 5.75 Å². The second-order valence-electron chi connectivity index (χ2n) is 8.80. The van der Waals surface area contributed by atoms with Gasteiger partial charge in [0.15, 0.2) is 6.29 Å². The Hall–Kier alpha value is -3.15. The van der Waals surface area contributed by atoms with E-state index < -0.39 is 0 Å².